The Morgan fingerprint density at radius 3 is 2.73 bits per heavy atom. The van der Waals surface area contributed by atoms with E-state index < -0.39 is 0 Å². The van der Waals surface area contributed by atoms with Crippen LogP contribution < -0.4 is 4.74 Å². The van der Waals surface area contributed by atoms with Gasteiger partial charge in [0.25, 0.3) is 0 Å². The maximum atomic E-state index is 13.0. The van der Waals surface area contributed by atoms with E-state index in [1.165, 1.54) is 13.0 Å². The molecule has 0 radical (unpaired) electrons. The number of halogens is 1. The molecule has 1 amide bonds. The average molecular weight is 431 g/mol. The summed E-state index contributed by atoms with van der Waals surface area (Å²) >= 11 is 6.16. The van der Waals surface area contributed by atoms with Crippen LogP contribution in [0.15, 0.2) is 36.8 Å². The molecular weight excluding hydrogens is 400 g/mol. The molecule has 0 bridgehead atoms. The number of aromatic nitrogens is 2. The third-order valence-corrected chi connectivity index (χ3v) is 6.54. The van der Waals surface area contributed by atoms with Crippen molar-refractivity contribution in [3.63, 3.8) is 0 Å². The molecule has 0 N–H and O–H groups in total. The first-order chi connectivity index (χ1) is 14.4. The Hall–Kier alpha value is -2.05. The van der Waals surface area contributed by atoms with Crippen LogP contribution in [0.25, 0.3) is 0 Å². The molecule has 1 aromatic carbocycles. The molecule has 2 heterocycles. The first kappa shape index (κ1) is 21.2. The molecule has 2 unspecified atom stereocenters. The summed E-state index contributed by atoms with van der Waals surface area (Å²) in [5.74, 6) is 2.30. The lowest BCUT2D eigenvalue weighted by Gasteiger charge is -2.24. The second-order valence-electron chi connectivity index (χ2n) is 8.88. The van der Waals surface area contributed by atoms with Crippen LogP contribution in [0, 0.1) is 17.8 Å². The zero-order valence-electron chi connectivity index (χ0n) is 18.0. The number of imidazole rings is 1. The molecule has 1 aromatic heterocycles. The van der Waals surface area contributed by atoms with Crippen molar-refractivity contribution in [3.8, 4) is 5.88 Å². The summed E-state index contributed by atoms with van der Waals surface area (Å²) in [6, 6.07) is 7.94. The highest BCUT2D eigenvalue weighted by molar-refractivity contribution is 6.30. The van der Waals surface area contributed by atoms with Crippen LogP contribution in [0.1, 0.15) is 38.8 Å². The summed E-state index contributed by atoms with van der Waals surface area (Å²) in [6.07, 6.45) is 4.32. The minimum Gasteiger partial charge on any atom is -0.389 e. The summed E-state index contributed by atoms with van der Waals surface area (Å²) in [5.41, 5.74) is 1.01. The van der Waals surface area contributed by atoms with Crippen molar-refractivity contribution in [2.24, 2.45) is 17.8 Å². The number of piperidine rings is 1. The van der Waals surface area contributed by atoms with Gasteiger partial charge >= 0.3 is 6.09 Å². The number of rotatable bonds is 8. The maximum Gasteiger partial charge on any atom is 0.416 e. The molecule has 7 heteroatoms. The highest BCUT2D eigenvalue weighted by atomic mass is 35.5. The smallest absolute Gasteiger partial charge is 0.389 e. The number of carbonyl (C=O) groups is 1. The summed E-state index contributed by atoms with van der Waals surface area (Å²) < 4.78 is 7.56. The monoisotopic (exact) mass is 430 g/mol. The molecule has 0 spiro atoms. The van der Waals surface area contributed by atoms with E-state index in [0.717, 1.165) is 18.7 Å². The number of carbonyl (C=O) groups excluding carboxylic acids is 1. The maximum absolute atomic E-state index is 13.0. The molecule has 2 aliphatic rings. The number of nitrogens with zero attached hydrogens (tertiary/aromatic N) is 4. The molecule has 1 aliphatic carbocycles. The summed E-state index contributed by atoms with van der Waals surface area (Å²) in [4.78, 5) is 21.6. The average Bonchev–Trinajstić information content (AvgIpc) is 3.05. The Balaban J connectivity index is 1.43. The highest BCUT2D eigenvalue weighted by Gasteiger charge is 2.55. The zero-order chi connectivity index (χ0) is 21.3. The Labute approximate surface area is 183 Å². The minimum atomic E-state index is -0.348. The first-order valence-electron chi connectivity index (χ1n) is 10.9. The lowest BCUT2D eigenvalue weighted by atomic mass is 10.2. The topological polar surface area (TPSA) is 50.6 Å². The van der Waals surface area contributed by atoms with Gasteiger partial charge in [-0.15, -0.1) is 0 Å². The van der Waals surface area contributed by atoms with E-state index in [9.17, 15) is 4.79 Å². The quantitative estimate of drug-likeness (QED) is 0.608. The molecule has 2 atom stereocenters. The second kappa shape index (κ2) is 8.98. The summed E-state index contributed by atoms with van der Waals surface area (Å²) in [6.45, 7) is 11.0. The van der Waals surface area contributed by atoms with Crippen LogP contribution >= 0.6 is 11.6 Å². The summed E-state index contributed by atoms with van der Waals surface area (Å²) in [7, 11) is 0. The van der Waals surface area contributed by atoms with Crippen LogP contribution in [0.3, 0.4) is 0 Å². The number of hydrogen-bond donors (Lipinski definition) is 0. The van der Waals surface area contributed by atoms with Crippen molar-refractivity contribution in [2.45, 2.75) is 39.8 Å². The predicted octanol–water partition coefficient (Wildman–Crippen LogP) is 4.71. The fraction of sp³-hybridized carbons (Fsp3) is 0.565. The van der Waals surface area contributed by atoms with E-state index in [1.807, 2.05) is 33.7 Å². The molecule has 30 heavy (non-hydrogen) atoms. The van der Waals surface area contributed by atoms with Gasteiger partial charge in [-0.25, -0.2) is 9.78 Å². The van der Waals surface area contributed by atoms with Crippen molar-refractivity contribution in [3.05, 3.63) is 47.4 Å². The van der Waals surface area contributed by atoms with Gasteiger partial charge in [0.1, 0.15) is 0 Å². The van der Waals surface area contributed by atoms with Gasteiger partial charge in [0.15, 0.2) is 0 Å². The van der Waals surface area contributed by atoms with E-state index in [0.29, 0.717) is 41.7 Å². The van der Waals surface area contributed by atoms with Crippen molar-refractivity contribution >= 4 is 17.7 Å². The Morgan fingerprint density at radius 1 is 1.33 bits per heavy atom. The van der Waals surface area contributed by atoms with Gasteiger partial charge in [0, 0.05) is 37.2 Å². The SMILES string of the molecule is CCCN1CC2C(C1)C2CN(Cc1cccc(Cl)c1)C(=O)Oc1cn(C(C)C)cn1. The number of likely N-dealkylation sites (tertiary alicyclic amines) is 1. The Kier molecular flexibility index (Phi) is 6.34. The predicted molar refractivity (Wildman–Crippen MR) is 118 cm³/mol. The Bertz CT molecular complexity index is 872. The van der Waals surface area contributed by atoms with Gasteiger partial charge in [-0.3, -0.25) is 0 Å². The fourth-order valence-corrected chi connectivity index (χ4v) is 4.84. The lowest BCUT2D eigenvalue weighted by Crippen LogP contribution is -2.37. The van der Waals surface area contributed by atoms with Crippen molar-refractivity contribution < 1.29 is 9.53 Å². The van der Waals surface area contributed by atoms with Crippen LogP contribution in [0.5, 0.6) is 5.88 Å². The van der Waals surface area contributed by atoms with Crippen molar-refractivity contribution in [1.82, 2.24) is 19.4 Å². The van der Waals surface area contributed by atoms with E-state index in [2.05, 4.69) is 30.7 Å². The van der Waals surface area contributed by atoms with Gasteiger partial charge in [-0.1, -0.05) is 30.7 Å². The molecule has 6 nitrogen and oxygen atoms in total. The fourth-order valence-electron chi connectivity index (χ4n) is 4.63. The molecule has 2 aromatic rings. The largest absolute Gasteiger partial charge is 0.416 e. The second-order valence-corrected chi connectivity index (χ2v) is 9.32. The van der Waals surface area contributed by atoms with Gasteiger partial charge < -0.3 is 19.1 Å². The molecule has 162 valence electrons. The van der Waals surface area contributed by atoms with Gasteiger partial charge in [0.2, 0.25) is 5.88 Å². The molecule has 1 saturated carbocycles. The van der Waals surface area contributed by atoms with Crippen LogP contribution in [0.2, 0.25) is 5.02 Å². The standard InChI is InChI=1S/C23H31ClN4O2/c1-4-8-26-11-19-20(12-26)21(19)13-27(10-17-6-5-7-18(24)9-17)23(29)30-22-14-28(15-25-22)16(2)3/h5-7,9,14-16,19-21H,4,8,10-13H2,1-3H3. The van der Waals surface area contributed by atoms with E-state index in [-0.39, 0.29) is 12.1 Å². The number of amides is 1. The number of ether oxygens (including phenoxy) is 1. The van der Waals surface area contributed by atoms with Gasteiger partial charge in [-0.2, -0.15) is 0 Å². The zero-order valence-corrected chi connectivity index (χ0v) is 18.8. The van der Waals surface area contributed by atoms with Crippen molar-refractivity contribution in [2.75, 3.05) is 26.2 Å². The number of fused-ring (bicyclic) bond motifs is 1. The number of benzene rings is 1. The van der Waals surface area contributed by atoms with Crippen LogP contribution in [0.4, 0.5) is 4.79 Å². The normalized spacial score (nSPS) is 22.9. The Morgan fingerprint density at radius 2 is 2.10 bits per heavy atom. The molecule has 1 aliphatic heterocycles. The van der Waals surface area contributed by atoms with Gasteiger partial charge in [0.05, 0.1) is 12.5 Å². The van der Waals surface area contributed by atoms with Gasteiger partial charge in [-0.05, 0) is 62.3 Å². The third kappa shape index (κ3) is 4.81. The highest BCUT2D eigenvalue weighted by Crippen LogP contribution is 2.52. The van der Waals surface area contributed by atoms with Crippen LogP contribution in [-0.4, -0.2) is 51.6 Å². The third-order valence-electron chi connectivity index (χ3n) is 6.30. The number of hydrogen-bond acceptors (Lipinski definition) is 4. The van der Waals surface area contributed by atoms with Crippen LogP contribution in [-0.2, 0) is 6.54 Å². The van der Waals surface area contributed by atoms with Crippen molar-refractivity contribution in [1.29, 1.82) is 0 Å². The van der Waals surface area contributed by atoms with E-state index >= 15 is 0 Å². The molecular formula is C23H31ClN4O2. The first-order valence-corrected chi connectivity index (χ1v) is 11.3. The van der Waals surface area contributed by atoms with E-state index in [4.69, 9.17) is 16.3 Å². The lowest BCUT2D eigenvalue weighted by molar-refractivity contribution is 0.141. The minimum absolute atomic E-state index is 0.268. The van der Waals surface area contributed by atoms with E-state index in [1.54, 1.807) is 12.5 Å². The molecule has 2 fully saturated rings. The summed E-state index contributed by atoms with van der Waals surface area (Å²) in [5, 5.41) is 0.676. The molecule has 1 saturated heterocycles. The molecule has 4 rings (SSSR count).